The van der Waals surface area contributed by atoms with Crippen molar-refractivity contribution in [2.45, 2.75) is 31.7 Å². The van der Waals surface area contributed by atoms with Crippen molar-refractivity contribution in [1.29, 1.82) is 0 Å². The second kappa shape index (κ2) is 6.48. The molecule has 2 N–H and O–H groups in total. The lowest BCUT2D eigenvalue weighted by Gasteiger charge is -2.30. The smallest absolute Gasteiger partial charge is 0.251 e. The number of amides is 1. The minimum atomic E-state index is -0.387. The molecule has 0 aromatic heterocycles. The van der Waals surface area contributed by atoms with E-state index in [1.54, 1.807) is 0 Å². The number of rotatable bonds is 3. The van der Waals surface area contributed by atoms with Gasteiger partial charge in [-0.3, -0.25) is 4.79 Å². The largest absolute Gasteiger partial charge is 0.396 e. The zero-order valence-corrected chi connectivity index (χ0v) is 12.1. The van der Waals surface area contributed by atoms with Crippen LogP contribution in [0, 0.1) is 11.7 Å². The normalized spacial score (nSPS) is 23.1. The second-order valence-electron chi connectivity index (χ2n) is 4.94. The van der Waals surface area contributed by atoms with Crippen LogP contribution in [-0.4, -0.2) is 23.7 Å². The Kier molecular flexibility index (Phi) is 4.93. The number of hydrogen-bond acceptors (Lipinski definition) is 2. The summed E-state index contributed by atoms with van der Waals surface area (Å²) in [4.78, 5) is 12.1. The first kappa shape index (κ1) is 14.5. The minimum absolute atomic E-state index is 0.00933. The topological polar surface area (TPSA) is 49.3 Å². The van der Waals surface area contributed by atoms with Crippen LogP contribution in [0.15, 0.2) is 22.7 Å². The molecule has 1 saturated carbocycles. The van der Waals surface area contributed by atoms with Crippen molar-refractivity contribution in [3.05, 3.63) is 34.1 Å². The quantitative estimate of drug-likeness (QED) is 0.895. The van der Waals surface area contributed by atoms with Crippen molar-refractivity contribution < 1.29 is 14.3 Å². The molecular weight excluding hydrogens is 313 g/mol. The summed E-state index contributed by atoms with van der Waals surface area (Å²) in [7, 11) is 0. The summed E-state index contributed by atoms with van der Waals surface area (Å²) in [6, 6.07) is 4.21. The summed E-state index contributed by atoms with van der Waals surface area (Å²) in [5.74, 6) is -0.477. The highest BCUT2D eigenvalue weighted by Crippen LogP contribution is 2.24. The zero-order chi connectivity index (χ0) is 13.8. The molecule has 1 aliphatic rings. The highest BCUT2D eigenvalue weighted by Gasteiger charge is 2.26. The standard InChI is InChI=1S/C14H17BrFNO2/c15-11-7-9(5-6-12(11)16)14(19)17-13-4-2-1-3-10(13)8-18/h5-7,10,13,18H,1-4,8H2,(H,17,19). The summed E-state index contributed by atoms with van der Waals surface area (Å²) < 4.78 is 13.4. The average Bonchev–Trinajstić information content (AvgIpc) is 2.42. The Morgan fingerprint density at radius 2 is 2.16 bits per heavy atom. The SMILES string of the molecule is O=C(NC1CCCCC1CO)c1ccc(F)c(Br)c1. The molecule has 0 radical (unpaired) electrons. The first-order valence-corrected chi connectivity index (χ1v) is 7.28. The van der Waals surface area contributed by atoms with Crippen LogP contribution >= 0.6 is 15.9 Å². The molecule has 0 heterocycles. The van der Waals surface area contributed by atoms with Crippen LogP contribution in [0.3, 0.4) is 0 Å². The van der Waals surface area contributed by atoms with Gasteiger partial charge in [-0.1, -0.05) is 12.8 Å². The molecule has 1 aromatic rings. The Bertz CT molecular complexity index is 467. The van der Waals surface area contributed by atoms with Gasteiger partial charge in [0.1, 0.15) is 5.82 Å². The van der Waals surface area contributed by atoms with Gasteiger partial charge in [-0.2, -0.15) is 0 Å². The van der Waals surface area contributed by atoms with E-state index in [1.807, 2.05) is 0 Å². The van der Waals surface area contributed by atoms with Crippen LogP contribution < -0.4 is 5.32 Å². The number of nitrogens with one attached hydrogen (secondary N) is 1. The predicted molar refractivity (Wildman–Crippen MR) is 74.4 cm³/mol. The summed E-state index contributed by atoms with van der Waals surface area (Å²) in [5.41, 5.74) is 0.426. The van der Waals surface area contributed by atoms with Crippen molar-refractivity contribution in [3.8, 4) is 0 Å². The minimum Gasteiger partial charge on any atom is -0.396 e. The predicted octanol–water partition coefficient (Wildman–Crippen LogP) is 2.87. The molecule has 2 atom stereocenters. The lowest BCUT2D eigenvalue weighted by molar-refractivity contribution is 0.0872. The molecule has 0 saturated heterocycles. The van der Waals surface area contributed by atoms with E-state index in [-0.39, 0.29) is 34.8 Å². The van der Waals surface area contributed by atoms with Gasteiger partial charge in [-0.15, -0.1) is 0 Å². The van der Waals surface area contributed by atoms with Crippen molar-refractivity contribution in [1.82, 2.24) is 5.32 Å². The molecule has 104 valence electrons. The number of carbonyl (C=O) groups is 1. The summed E-state index contributed by atoms with van der Waals surface area (Å²) in [6.07, 6.45) is 3.99. The first-order valence-electron chi connectivity index (χ1n) is 6.48. The lowest BCUT2D eigenvalue weighted by Crippen LogP contribution is -2.43. The van der Waals surface area contributed by atoms with E-state index < -0.39 is 0 Å². The third kappa shape index (κ3) is 3.54. The molecule has 5 heteroatoms. The summed E-state index contributed by atoms with van der Waals surface area (Å²) >= 11 is 3.07. The van der Waals surface area contributed by atoms with Gasteiger partial charge in [0.25, 0.3) is 5.91 Å². The van der Waals surface area contributed by atoms with E-state index in [9.17, 15) is 14.3 Å². The number of hydrogen-bond donors (Lipinski definition) is 2. The highest BCUT2D eigenvalue weighted by atomic mass is 79.9. The van der Waals surface area contributed by atoms with Crippen LogP contribution in [0.1, 0.15) is 36.0 Å². The Morgan fingerprint density at radius 3 is 2.84 bits per heavy atom. The Morgan fingerprint density at radius 1 is 1.42 bits per heavy atom. The van der Waals surface area contributed by atoms with Gasteiger partial charge in [0, 0.05) is 24.1 Å². The fraction of sp³-hybridized carbons (Fsp3) is 0.500. The Balaban J connectivity index is 2.05. The Hall–Kier alpha value is -0.940. The number of carbonyl (C=O) groups excluding carboxylic acids is 1. The fourth-order valence-electron chi connectivity index (χ4n) is 2.51. The van der Waals surface area contributed by atoms with Gasteiger partial charge in [-0.25, -0.2) is 4.39 Å². The van der Waals surface area contributed by atoms with Gasteiger partial charge in [0.15, 0.2) is 0 Å². The maximum atomic E-state index is 13.1. The molecule has 0 bridgehead atoms. The van der Waals surface area contributed by atoms with Crippen molar-refractivity contribution in [2.24, 2.45) is 5.92 Å². The third-order valence-corrected chi connectivity index (χ3v) is 4.25. The van der Waals surface area contributed by atoms with Gasteiger partial charge >= 0.3 is 0 Å². The van der Waals surface area contributed by atoms with Crippen molar-refractivity contribution in [3.63, 3.8) is 0 Å². The molecule has 0 aliphatic heterocycles. The van der Waals surface area contributed by atoms with Crippen molar-refractivity contribution >= 4 is 21.8 Å². The van der Waals surface area contributed by atoms with E-state index in [0.717, 1.165) is 25.7 Å². The molecule has 1 aromatic carbocycles. The van der Waals surface area contributed by atoms with E-state index in [4.69, 9.17) is 0 Å². The molecule has 1 amide bonds. The molecule has 1 aliphatic carbocycles. The average molecular weight is 330 g/mol. The van der Waals surface area contributed by atoms with Gasteiger partial charge in [0.2, 0.25) is 0 Å². The summed E-state index contributed by atoms with van der Waals surface area (Å²) in [5, 5.41) is 12.3. The van der Waals surface area contributed by atoms with Crippen molar-refractivity contribution in [2.75, 3.05) is 6.61 Å². The van der Waals surface area contributed by atoms with Crippen LogP contribution in [0.5, 0.6) is 0 Å². The Labute approximate surface area is 120 Å². The zero-order valence-electron chi connectivity index (χ0n) is 10.5. The first-order chi connectivity index (χ1) is 9.11. The number of benzene rings is 1. The molecule has 1 fully saturated rings. The highest BCUT2D eigenvalue weighted by molar-refractivity contribution is 9.10. The maximum absolute atomic E-state index is 13.1. The molecule has 0 spiro atoms. The number of aliphatic hydroxyl groups is 1. The lowest BCUT2D eigenvalue weighted by atomic mass is 9.85. The second-order valence-corrected chi connectivity index (χ2v) is 5.79. The molecule has 3 nitrogen and oxygen atoms in total. The van der Waals surface area contributed by atoms with Gasteiger partial charge in [0.05, 0.1) is 4.47 Å². The van der Waals surface area contributed by atoms with E-state index in [2.05, 4.69) is 21.2 Å². The molecular formula is C14H17BrFNO2. The molecule has 19 heavy (non-hydrogen) atoms. The van der Waals surface area contributed by atoms with Crippen LogP contribution in [-0.2, 0) is 0 Å². The number of halogens is 2. The van der Waals surface area contributed by atoms with E-state index in [1.165, 1.54) is 18.2 Å². The third-order valence-electron chi connectivity index (χ3n) is 3.64. The van der Waals surface area contributed by atoms with Gasteiger partial charge < -0.3 is 10.4 Å². The van der Waals surface area contributed by atoms with Crippen LogP contribution in [0.25, 0.3) is 0 Å². The van der Waals surface area contributed by atoms with Crippen LogP contribution in [0.4, 0.5) is 4.39 Å². The van der Waals surface area contributed by atoms with E-state index >= 15 is 0 Å². The monoisotopic (exact) mass is 329 g/mol. The van der Waals surface area contributed by atoms with Crippen LogP contribution in [0.2, 0.25) is 0 Å². The fourth-order valence-corrected chi connectivity index (χ4v) is 2.88. The van der Waals surface area contributed by atoms with E-state index in [0.29, 0.717) is 5.56 Å². The summed E-state index contributed by atoms with van der Waals surface area (Å²) in [6.45, 7) is 0.0953. The van der Waals surface area contributed by atoms with Gasteiger partial charge in [-0.05, 0) is 47.0 Å². The molecule has 2 rings (SSSR count). The number of aliphatic hydroxyl groups excluding tert-OH is 1. The maximum Gasteiger partial charge on any atom is 0.251 e. The molecule has 2 unspecified atom stereocenters.